The van der Waals surface area contributed by atoms with E-state index < -0.39 is 70.7 Å². The first-order valence-electron chi connectivity index (χ1n) is 14.8. The van der Waals surface area contributed by atoms with Crippen LogP contribution in [0.25, 0.3) is 0 Å². The third-order valence-electron chi connectivity index (χ3n) is 6.61. The summed E-state index contributed by atoms with van der Waals surface area (Å²) in [6, 6.07) is 0. The molecule has 4 unspecified atom stereocenters. The number of hydrogen-bond acceptors (Lipinski definition) is 2. The van der Waals surface area contributed by atoms with Gasteiger partial charge in [-0.05, 0) is 0 Å². The zero-order chi connectivity index (χ0) is 29.9. The normalized spacial score (nSPS) is 34.1. The van der Waals surface area contributed by atoms with E-state index in [1.54, 1.807) is 0 Å². The van der Waals surface area contributed by atoms with Gasteiger partial charge in [-0.3, -0.25) is 0 Å². The Labute approximate surface area is 271 Å². The van der Waals surface area contributed by atoms with Crippen molar-refractivity contribution in [3.8, 4) is 0 Å². The first-order chi connectivity index (χ1) is 16.7. The van der Waals surface area contributed by atoms with Gasteiger partial charge in [0.05, 0.1) is 0 Å². The van der Waals surface area contributed by atoms with Gasteiger partial charge in [-0.1, -0.05) is 0 Å². The average molecular weight is 1050 g/mol. The van der Waals surface area contributed by atoms with Gasteiger partial charge in [-0.25, -0.2) is 0 Å². The molecule has 2 nitrogen and oxygen atoms in total. The van der Waals surface area contributed by atoms with Crippen molar-refractivity contribution >= 4 is 106 Å². The summed E-state index contributed by atoms with van der Waals surface area (Å²) in [5.74, 6) is 0. The fourth-order valence-electron chi connectivity index (χ4n) is 6.08. The molecule has 0 aromatic heterocycles. The average Bonchev–Trinajstić information content (AvgIpc) is 2.55. The van der Waals surface area contributed by atoms with E-state index in [0.717, 1.165) is 61.2 Å². The molecule has 1 aliphatic rings. The van der Waals surface area contributed by atoms with E-state index in [0.29, 0.717) is 0 Å². The second-order valence-corrected chi connectivity index (χ2v) is 74.5. The van der Waals surface area contributed by atoms with Crippen LogP contribution in [0.15, 0.2) is 0 Å². The predicted octanol–water partition coefficient (Wildman–Crippen LogP) is 12.5. The Kier molecular flexibility index (Phi) is 16.2. The van der Waals surface area contributed by atoms with Crippen molar-refractivity contribution in [2.45, 2.75) is 144 Å². The first-order valence-corrected chi connectivity index (χ1v) is 50.1. The number of rotatable bonds is 4. The zero-order valence-corrected chi connectivity index (χ0v) is 41.3. The molecule has 0 aromatic rings. The van der Waals surface area contributed by atoms with Crippen molar-refractivity contribution in [3.63, 3.8) is 0 Å². The van der Waals surface area contributed by atoms with Gasteiger partial charge in [0.1, 0.15) is 0 Å². The van der Waals surface area contributed by atoms with Crippen LogP contribution in [-0.4, -0.2) is 70.7 Å². The monoisotopic (exact) mass is 1050 g/mol. The van der Waals surface area contributed by atoms with Crippen LogP contribution in [0.5, 0.6) is 0 Å². The van der Waals surface area contributed by atoms with Crippen molar-refractivity contribution in [3.05, 3.63) is 0 Å². The van der Waals surface area contributed by atoms with Gasteiger partial charge in [-0.2, -0.15) is 0 Å². The summed E-state index contributed by atoms with van der Waals surface area (Å²) in [5.41, 5.74) is 0.608. The molecule has 4 atom stereocenters. The van der Waals surface area contributed by atoms with Crippen LogP contribution in [0.2, 0.25) is 35.5 Å². The first kappa shape index (κ1) is 40.3. The maximum absolute atomic E-state index is 7.64. The molecular formula is C28H60Cl4O2Sn4. The Morgan fingerprint density at radius 1 is 0.395 bits per heavy atom. The summed E-state index contributed by atoms with van der Waals surface area (Å²) in [6.45, 7) is 27.6. The van der Waals surface area contributed by atoms with E-state index in [9.17, 15) is 0 Å². The maximum atomic E-state index is 7.64. The van der Waals surface area contributed by atoms with Crippen LogP contribution < -0.4 is 0 Å². The summed E-state index contributed by atoms with van der Waals surface area (Å²) >= 11 is -13.7. The topological polar surface area (TPSA) is 18.5 Å². The molecule has 0 spiro atoms. The van der Waals surface area contributed by atoms with Gasteiger partial charge < -0.3 is 0 Å². The van der Waals surface area contributed by atoms with Gasteiger partial charge in [0.25, 0.3) is 0 Å². The molecule has 0 N–H and O–H groups in total. The van der Waals surface area contributed by atoms with Crippen molar-refractivity contribution in [1.82, 2.24) is 0 Å². The second kappa shape index (κ2) is 15.2. The number of hydrogen-bond donors (Lipinski definition) is 0. The van der Waals surface area contributed by atoms with Gasteiger partial charge >= 0.3 is 275 Å². The predicted molar refractivity (Wildman–Crippen MR) is 183 cm³/mol. The van der Waals surface area contributed by atoms with E-state index in [2.05, 4.69) is 83.1 Å². The molecule has 0 saturated carbocycles. The zero-order valence-electron chi connectivity index (χ0n) is 26.8. The Balaban J connectivity index is 3.41. The van der Waals surface area contributed by atoms with Gasteiger partial charge in [0.2, 0.25) is 0 Å². The van der Waals surface area contributed by atoms with Gasteiger partial charge in [-0.15, -0.1) is 0 Å². The Bertz CT molecular complexity index is 625. The van der Waals surface area contributed by atoms with Crippen LogP contribution in [0, 0.1) is 21.7 Å². The molecule has 1 rings (SSSR count). The molecule has 0 amide bonds. The SMILES string of the molecule is CC(C)(C)[CH2][Sn]1([Cl])[CH2]CC[CH2][Sn]([Cl])([CH2]C(C)(C)C)[O][Sn]([Cl])([CH2]C(C)(C)C)[CH2]CC[CH2][Sn]([Cl])([CH2]C(C)(C)C)[O]1. The summed E-state index contributed by atoms with van der Waals surface area (Å²) < 4.78 is 22.7. The molecule has 1 heterocycles. The molecule has 1 saturated heterocycles. The van der Waals surface area contributed by atoms with E-state index in [-0.39, 0.29) is 21.7 Å². The second-order valence-electron chi connectivity index (χ2n) is 17.1. The Hall–Kier alpha value is 4.27. The van der Waals surface area contributed by atoms with Gasteiger partial charge in [0.15, 0.2) is 0 Å². The molecule has 228 valence electrons. The summed E-state index contributed by atoms with van der Waals surface area (Å²) in [5, 5.41) is 0. The van der Waals surface area contributed by atoms with Crippen molar-refractivity contribution in [2.75, 3.05) is 0 Å². The molecule has 0 aromatic carbocycles. The fraction of sp³-hybridized carbons (Fsp3) is 1.00. The van der Waals surface area contributed by atoms with Crippen LogP contribution in [-0.2, 0) is 2.82 Å². The molecule has 0 aliphatic carbocycles. The summed E-state index contributed by atoms with van der Waals surface area (Å²) in [7, 11) is 30.5. The Morgan fingerprint density at radius 2 is 0.553 bits per heavy atom. The quantitative estimate of drug-likeness (QED) is 0.261. The number of halogens is 4. The molecule has 1 fully saturated rings. The molecule has 10 heteroatoms. The Morgan fingerprint density at radius 3 is 0.684 bits per heavy atom. The van der Waals surface area contributed by atoms with Crippen LogP contribution >= 0.6 is 35.7 Å². The van der Waals surface area contributed by atoms with Crippen molar-refractivity contribution in [2.24, 2.45) is 21.7 Å². The third kappa shape index (κ3) is 18.3. The van der Waals surface area contributed by atoms with Crippen molar-refractivity contribution in [1.29, 1.82) is 0 Å². The summed E-state index contributed by atoms with van der Waals surface area (Å²) in [4.78, 5) is 0. The van der Waals surface area contributed by atoms with Crippen LogP contribution in [0.3, 0.4) is 0 Å². The standard InChI is InChI=1S/4C5H11.2C4H8.4ClH.2O.4Sn/c4*1-5(2,3)4;2*1-3-4-2;;;;;;;;;;/h4*1H2,2-4H3;2*1-4H2;4*1H;;;;;;/q;;;;;;;;;;;;4*+1/p-4. The van der Waals surface area contributed by atoms with E-state index in [1.807, 2.05) is 0 Å². The van der Waals surface area contributed by atoms with E-state index >= 15 is 0 Å². The molecule has 0 bridgehead atoms. The molecule has 1 aliphatic heterocycles. The molecule has 38 heavy (non-hydrogen) atoms. The minimum atomic E-state index is -3.43. The van der Waals surface area contributed by atoms with Crippen LogP contribution in [0.1, 0.15) is 109 Å². The molecule has 0 radical (unpaired) electrons. The summed E-state index contributed by atoms with van der Waals surface area (Å²) in [6.07, 6.45) is 4.31. The van der Waals surface area contributed by atoms with E-state index in [1.165, 1.54) is 0 Å². The third-order valence-corrected chi connectivity index (χ3v) is 92.0. The van der Waals surface area contributed by atoms with Crippen molar-refractivity contribution < 1.29 is 2.82 Å². The van der Waals surface area contributed by atoms with Gasteiger partial charge in [0, 0.05) is 0 Å². The molecular weight excluding hydrogens is 985 g/mol. The minimum absolute atomic E-state index is 0.152. The fourth-order valence-corrected chi connectivity index (χ4v) is 124. The van der Waals surface area contributed by atoms with Crippen LogP contribution in [0.4, 0.5) is 0 Å². The van der Waals surface area contributed by atoms with E-state index in [4.69, 9.17) is 38.5 Å².